The second-order valence-electron chi connectivity index (χ2n) is 5.23. The van der Waals surface area contributed by atoms with Gasteiger partial charge in [0.25, 0.3) is 0 Å². The molecule has 3 N–H and O–H groups in total. The summed E-state index contributed by atoms with van der Waals surface area (Å²) in [7, 11) is 0. The van der Waals surface area contributed by atoms with Gasteiger partial charge in [-0.2, -0.15) is 11.8 Å². The van der Waals surface area contributed by atoms with Crippen molar-refractivity contribution in [3.63, 3.8) is 0 Å². The fourth-order valence-corrected chi connectivity index (χ4v) is 3.67. The zero-order valence-corrected chi connectivity index (χ0v) is 11.4. The van der Waals surface area contributed by atoms with E-state index in [9.17, 15) is 0 Å². The Hall–Kier alpha value is -0.810. The number of hydrogen-bond donors (Lipinski definition) is 2. The molecule has 0 saturated heterocycles. The van der Waals surface area contributed by atoms with E-state index in [2.05, 4.69) is 15.4 Å². The van der Waals surface area contributed by atoms with Crippen molar-refractivity contribution in [3.8, 4) is 0 Å². The molecule has 0 radical (unpaired) electrons. The van der Waals surface area contributed by atoms with E-state index in [1.54, 1.807) is 0 Å². The highest BCUT2D eigenvalue weighted by atomic mass is 32.2. The van der Waals surface area contributed by atoms with Crippen LogP contribution in [0.15, 0.2) is 6.07 Å². The average Bonchev–Trinajstić information content (AvgIpc) is 3.13. The van der Waals surface area contributed by atoms with Gasteiger partial charge in [-0.15, -0.1) is 0 Å². The zero-order chi connectivity index (χ0) is 12.4. The van der Waals surface area contributed by atoms with Crippen LogP contribution in [0.2, 0.25) is 0 Å². The van der Waals surface area contributed by atoms with Crippen molar-refractivity contribution in [2.45, 2.75) is 55.4 Å². The second-order valence-corrected chi connectivity index (χ2v) is 6.52. The molecule has 98 valence electrons. The van der Waals surface area contributed by atoms with Crippen LogP contribution in [-0.4, -0.2) is 15.2 Å². The minimum Gasteiger partial charge on any atom is -0.308 e. The third-order valence-electron chi connectivity index (χ3n) is 3.69. The SMILES string of the molecule is NNc1cc(C2CC2)nc(CSC2CCCC2)n1. The van der Waals surface area contributed by atoms with E-state index >= 15 is 0 Å². The molecule has 2 saturated carbocycles. The predicted octanol–water partition coefficient (Wildman–Crippen LogP) is 2.82. The van der Waals surface area contributed by atoms with Crippen LogP contribution in [-0.2, 0) is 5.75 Å². The van der Waals surface area contributed by atoms with Gasteiger partial charge in [-0.25, -0.2) is 15.8 Å². The first-order valence-corrected chi connectivity index (χ1v) is 7.86. The standard InChI is InChI=1S/C13H20N4S/c14-17-12-7-11(9-5-6-9)15-13(16-12)8-18-10-3-1-2-4-10/h7,9-10H,1-6,8,14H2,(H,15,16,17). The lowest BCUT2D eigenvalue weighted by atomic mass is 10.3. The first-order valence-electron chi connectivity index (χ1n) is 6.81. The Morgan fingerprint density at radius 2 is 2.00 bits per heavy atom. The maximum atomic E-state index is 5.48. The van der Waals surface area contributed by atoms with E-state index in [-0.39, 0.29) is 0 Å². The normalized spacial score (nSPS) is 20.3. The number of anilines is 1. The van der Waals surface area contributed by atoms with Gasteiger partial charge in [0.1, 0.15) is 11.6 Å². The topological polar surface area (TPSA) is 63.8 Å². The number of hydrogen-bond acceptors (Lipinski definition) is 5. The zero-order valence-electron chi connectivity index (χ0n) is 10.6. The summed E-state index contributed by atoms with van der Waals surface area (Å²) < 4.78 is 0. The predicted molar refractivity (Wildman–Crippen MR) is 75.4 cm³/mol. The summed E-state index contributed by atoms with van der Waals surface area (Å²) in [6.45, 7) is 0. The van der Waals surface area contributed by atoms with Crippen LogP contribution in [0.25, 0.3) is 0 Å². The van der Waals surface area contributed by atoms with Gasteiger partial charge in [0.05, 0.1) is 5.75 Å². The van der Waals surface area contributed by atoms with E-state index in [1.165, 1.54) is 44.2 Å². The number of thioether (sulfide) groups is 1. The highest BCUT2D eigenvalue weighted by Crippen LogP contribution is 2.40. The molecule has 0 unspecified atom stereocenters. The van der Waals surface area contributed by atoms with Gasteiger partial charge in [0, 0.05) is 22.9 Å². The largest absolute Gasteiger partial charge is 0.308 e. The summed E-state index contributed by atoms with van der Waals surface area (Å²) in [5.74, 6) is 8.74. The minimum atomic E-state index is 0.648. The molecule has 18 heavy (non-hydrogen) atoms. The van der Waals surface area contributed by atoms with Crippen LogP contribution in [0.1, 0.15) is 56.0 Å². The summed E-state index contributed by atoms with van der Waals surface area (Å²) in [5.41, 5.74) is 3.82. The molecule has 0 bridgehead atoms. The summed E-state index contributed by atoms with van der Waals surface area (Å²) in [6, 6.07) is 1.99. The number of rotatable bonds is 5. The van der Waals surface area contributed by atoms with Gasteiger partial charge in [-0.05, 0) is 25.7 Å². The maximum Gasteiger partial charge on any atom is 0.143 e. The van der Waals surface area contributed by atoms with E-state index in [0.717, 1.165) is 22.6 Å². The molecule has 1 heterocycles. The molecule has 0 amide bonds. The summed E-state index contributed by atoms with van der Waals surface area (Å²) in [5, 5.41) is 0.812. The van der Waals surface area contributed by atoms with Crippen LogP contribution in [0.3, 0.4) is 0 Å². The van der Waals surface area contributed by atoms with Crippen molar-refractivity contribution in [3.05, 3.63) is 17.6 Å². The van der Waals surface area contributed by atoms with Gasteiger partial charge < -0.3 is 5.43 Å². The first-order chi connectivity index (χ1) is 8.85. The summed E-state index contributed by atoms with van der Waals surface area (Å²) in [4.78, 5) is 9.13. The number of nitrogens with one attached hydrogen (secondary N) is 1. The van der Waals surface area contributed by atoms with Crippen molar-refractivity contribution in [2.24, 2.45) is 5.84 Å². The van der Waals surface area contributed by atoms with E-state index in [1.807, 2.05) is 17.8 Å². The van der Waals surface area contributed by atoms with E-state index in [4.69, 9.17) is 5.84 Å². The van der Waals surface area contributed by atoms with Crippen LogP contribution in [0, 0.1) is 0 Å². The number of nitrogens with two attached hydrogens (primary N) is 1. The molecule has 0 atom stereocenters. The van der Waals surface area contributed by atoms with Gasteiger partial charge in [-0.1, -0.05) is 12.8 Å². The van der Waals surface area contributed by atoms with Gasteiger partial charge in [-0.3, -0.25) is 0 Å². The van der Waals surface area contributed by atoms with Crippen LogP contribution in [0.5, 0.6) is 0 Å². The Balaban J connectivity index is 1.67. The van der Waals surface area contributed by atoms with Gasteiger partial charge in [0.2, 0.25) is 0 Å². The lowest BCUT2D eigenvalue weighted by Crippen LogP contribution is -2.11. The monoisotopic (exact) mass is 264 g/mol. The third kappa shape index (κ3) is 2.95. The van der Waals surface area contributed by atoms with Gasteiger partial charge >= 0.3 is 0 Å². The molecular weight excluding hydrogens is 244 g/mol. The van der Waals surface area contributed by atoms with Crippen molar-refractivity contribution in [2.75, 3.05) is 5.43 Å². The fraction of sp³-hybridized carbons (Fsp3) is 0.692. The Bertz CT molecular complexity index is 413. The highest BCUT2D eigenvalue weighted by molar-refractivity contribution is 7.99. The Labute approximate surface area is 112 Å². The molecule has 0 aromatic carbocycles. The van der Waals surface area contributed by atoms with Crippen molar-refractivity contribution in [1.29, 1.82) is 0 Å². The molecule has 2 aliphatic carbocycles. The Morgan fingerprint density at radius 3 is 2.67 bits per heavy atom. The number of nitrogen functional groups attached to an aromatic ring is 1. The van der Waals surface area contributed by atoms with Crippen LogP contribution < -0.4 is 11.3 Å². The highest BCUT2D eigenvalue weighted by Gasteiger charge is 2.26. The maximum absolute atomic E-state index is 5.48. The second kappa shape index (κ2) is 5.45. The molecule has 0 aliphatic heterocycles. The van der Waals surface area contributed by atoms with Crippen molar-refractivity contribution in [1.82, 2.24) is 9.97 Å². The fourth-order valence-electron chi connectivity index (χ4n) is 2.49. The molecular formula is C13H20N4S. The Morgan fingerprint density at radius 1 is 1.22 bits per heavy atom. The van der Waals surface area contributed by atoms with Crippen molar-refractivity contribution < 1.29 is 0 Å². The number of hydrazine groups is 1. The van der Waals surface area contributed by atoms with Crippen LogP contribution >= 0.6 is 11.8 Å². The van der Waals surface area contributed by atoms with E-state index < -0.39 is 0 Å². The average molecular weight is 264 g/mol. The van der Waals surface area contributed by atoms with E-state index in [0.29, 0.717) is 5.92 Å². The molecule has 1 aromatic rings. The smallest absolute Gasteiger partial charge is 0.143 e. The summed E-state index contributed by atoms with van der Waals surface area (Å²) >= 11 is 2.00. The minimum absolute atomic E-state index is 0.648. The molecule has 2 aliphatic rings. The number of nitrogens with zero attached hydrogens (tertiary/aromatic N) is 2. The molecule has 4 nitrogen and oxygen atoms in total. The van der Waals surface area contributed by atoms with Gasteiger partial charge in [0.15, 0.2) is 0 Å². The lowest BCUT2D eigenvalue weighted by molar-refractivity contribution is 0.886. The molecule has 5 heteroatoms. The molecule has 2 fully saturated rings. The summed E-state index contributed by atoms with van der Waals surface area (Å²) in [6.07, 6.45) is 8.00. The molecule has 1 aromatic heterocycles. The first kappa shape index (κ1) is 12.2. The van der Waals surface area contributed by atoms with Crippen molar-refractivity contribution >= 4 is 17.6 Å². The van der Waals surface area contributed by atoms with Crippen LogP contribution in [0.4, 0.5) is 5.82 Å². The third-order valence-corrected chi connectivity index (χ3v) is 5.05. The molecule has 3 rings (SSSR count). The Kier molecular flexibility index (Phi) is 3.70. The number of aromatic nitrogens is 2. The lowest BCUT2D eigenvalue weighted by Gasteiger charge is -2.10. The quantitative estimate of drug-likeness (QED) is 0.632. The molecule has 0 spiro atoms.